The molecule has 0 saturated carbocycles. The zero-order valence-corrected chi connectivity index (χ0v) is 12.0. The van der Waals surface area contributed by atoms with Crippen molar-refractivity contribution in [3.63, 3.8) is 0 Å². The zero-order valence-electron chi connectivity index (χ0n) is 11.0. The third-order valence-corrected chi connectivity index (χ3v) is 4.51. The summed E-state index contributed by atoms with van der Waals surface area (Å²) in [6, 6.07) is 4.59. The summed E-state index contributed by atoms with van der Waals surface area (Å²) < 4.78 is 18.8. The molecule has 0 unspecified atom stereocenters. The number of benzene rings is 1. The van der Waals surface area contributed by atoms with Crippen LogP contribution in [0.4, 0.5) is 4.39 Å². The summed E-state index contributed by atoms with van der Waals surface area (Å²) in [4.78, 5) is 23.1. The van der Waals surface area contributed by atoms with Crippen LogP contribution in [-0.2, 0) is 9.53 Å². The van der Waals surface area contributed by atoms with Gasteiger partial charge in [-0.2, -0.15) is 0 Å². The molecule has 3 nitrogen and oxygen atoms in total. The van der Waals surface area contributed by atoms with E-state index in [4.69, 9.17) is 0 Å². The highest BCUT2D eigenvalue weighted by molar-refractivity contribution is 6.88. The molecule has 5 heteroatoms. The van der Waals surface area contributed by atoms with E-state index in [0.717, 1.165) is 0 Å². The lowest BCUT2D eigenvalue weighted by atomic mass is 10.1. The molecule has 98 valence electrons. The van der Waals surface area contributed by atoms with E-state index in [1.165, 1.54) is 6.07 Å². The molecular weight excluding hydrogens is 251 g/mol. The zero-order chi connectivity index (χ0) is 13.9. The Hall–Kier alpha value is -1.49. The topological polar surface area (TPSA) is 43.4 Å². The Labute approximate surface area is 107 Å². The number of carbonyl (C=O) groups is 2. The number of halogens is 1. The number of Topliss-reactive ketones (excluding diaryl/α,β-unsaturated/α-hetero) is 1. The average Bonchev–Trinajstić information content (AvgIpc) is 2.27. The molecule has 0 atom stereocenters. The number of esters is 1. The summed E-state index contributed by atoms with van der Waals surface area (Å²) in [5, 5.41) is 0.539. The van der Waals surface area contributed by atoms with Crippen molar-refractivity contribution in [2.45, 2.75) is 26.6 Å². The van der Waals surface area contributed by atoms with Gasteiger partial charge in [-0.15, -0.1) is 0 Å². The second-order valence-electron chi connectivity index (χ2n) is 4.97. The Kier molecular flexibility index (Phi) is 4.40. The lowest BCUT2D eigenvalue weighted by Crippen LogP contribution is -2.41. The minimum Gasteiger partial charge on any atom is -0.460 e. The fourth-order valence-corrected chi connectivity index (χ4v) is 2.98. The van der Waals surface area contributed by atoms with Crippen LogP contribution in [0.1, 0.15) is 17.3 Å². The number of hydrogen-bond donors (Lipinski definition) is 0. The fraction of sp³-hybridized carbons (Fsp3) is 0.385. The smallest absolute Gasteiger partial charge is 0.379 e. The minimum atomic E-state index is -1.89. The minimum absolute atomic E-state index is 0.0971. The summed E-state index contributed by atoms with van der Waals surface area (Å²) in [5.74, 6) is -2.52. The largest absolute Gasteiger partial charge is 0.460 e. The molecule has 0 radical (unpaired) electrons. The predicted molar refractivity (Wildman–Crippen MR) is 70.3 cm³/mol. The van der Waals surface area contributed by atoms with Gasteiger partial charge in [0.15, 0.2) is 0 Å². The molecule has 1 aromatic carbocycles. The number of ether oxygens (including phenoxy) is 1. The summed E-state index contributed by atoms with van der Waals surface area (Å²) in [5.41, 5.74) is -0.201. The van der Waals surface area contributed by atoms with Crippen LogP contribution in [0.2, 0.25) is 19.6 Å². The highest BCUT2D eigenvalue weighted by Gasteiger charge is 2.27. The van der Waals surface area contributed by atoms with Gasteiger partial charge in [0.1, 0.15) is 5.82 Å². The lowest BCUT2D eigenvalue weighted by molar-refractivity contribution is -0.137. The highest BCUT2D eigenvalue weighted by Crippen LogP contribution is 2.12. The van der Waals surface area contributed by atoms with Gasteiger partial charge >= 0.3 is 5.97 Å². The third kappa shape index (κ3) is 3.04. The molecule has 0 aliphatic rings. The lowest BCUT2D eigenvalue weighted by Gasteiger charge is -2.18. The molecule has 0 aromatic heterocycles. The van der Waals surface area contributed by atoms with E-state index in [2.05, 4.69) is 4.74 Å². The van der Waals surface area contributed by atoms with Gasteiger partial charge in [0.25, 0.3) is 5.78 Å². The van der Waals surface area contributed by atoms with Crippen LogP contribution in [0.25, 0.3) is 0 Å². The second kappa shape index (κ2) is 5.43. The summed E-state index contributed by atoms with van der Waals surface area (Å²) in [6.45, 7) is 7.62. The molecule has 1 aromatic rings. The first kappa shape index (κ1) is 14.6. The van der Waals surface area contributed by atoms with Crippen molar-refractivity contribution >= 4 is 25.0 Å². The van der Waals surface area contributed by atoms with E-state index in [1.807, 2.05) is 19.6 Å². The maximum atomic E-state index is 14.2. The first-order valence-corrected chi connectivity index (χ1v) is 9.29. The summed E-state index contributed by atoms with van der Waals surface area (Å²) in [7, 11) is -1.89. The van der Waals surface area contributed by atoms with Crippen LogP contribution >= 0.6 is 0 Å². The molecule has 0 heterocycles. The number of carbonyl (C=O) groups excluding carboxylic acids is 2. The Morgan fingerprint density at radius 3 is 2.39 bits per heavy atom. The normalized spacial score (nSPS) is 11.2. The van der Waals surface area contributed by atoms with Gasteiger partial charge in [0, 0.05) is 0 Å². The SMILES string of the molecule is CCOC(=O)C(=O)c1cccc([Si](C)(C)C)c1F. The van der Waals surface area contributed by atoms with Crippen LogP contribution in [-0.4, -0.2) is 26.4 Å². The van der Waals surface area contributed by atoms with Crippen LogP contribution in [0, 0.1) is 5.82 Å². The van der Waals surface area contributed by atoms with Crippen LogP contribution < -0.4 is 5.19 Å². The summed E-state index contributed by atoms with van der Waals surface area (Å²) >= 11 is 0. The molecule has 0 saturated heterocycles. The number of ketones is 1. The molecule has 0 fully saturated rings. The van der Waals surface area contributed by atoms with E-state index < -0.39 is 25.6 Å². The fourth-order valence-electron chi connectivity index (χ4n) is 1.59. The van der Waals surface area contributed by atoms with Crippen molar-refractivity contribution in [2.24, 2.45) is 0 Å². The average molecular weight is 268 g/mol. The van der Waals surface area contributed by atoms with Crippen molar-refractivity contribution in [1.82, 2.24) is 0 Å². The third-order valence-electron chi connectivity index (χ3n) is 2.51. The molecule has 0 spiro atoms. The van der Waals surface area contributed by atoms with Crippen LogP contribution in [0.5, 0.6) is 0 Å². The molecule has 1 rings (SSSR count). The van der Waals surface area contributed by atoms with Crippen molar-refractivity contribution in [3.8, 4) is 0 Å². The Bertz CT molecular complexity index is 478. The van der Waals surface area contributed by atoms with Gasteiger partial charge in [-0.25, -0.2) is 9.18 Å². The molecule has 0 bridgehead atoms. The molecule has 0 amide bonds. The molecule has 0 aliphatic heterocycles. The van der Waals surface area contributed by atoms with Crippen LogP contribution in [0.3, 0.4) is 0 Å². The standard InChI is InChI=1S/C13H17FO3Si/c1-5-17-13(16)12(15)9-7-6-8-10(11(9)14)18(2,3)4/h6-8H,5H2,1-4H3. The Morgan fingerprint density at radius 1 is 1.28 bits per heavy atom. The Balaban J connectivity index is 3.20. The highest BCUT2D eigenvalue weighted by atomic mass is 28.3. The van der Waals surface area contributed by atoms with Crippen molar-refractivity contribution in [3.05, 3.63) is 29.6 Å². The van der Waals surface area contributed by atoms with Crippen molar-refractivity contribution < 1.29 is 18.7 Å². The maximum absolute atomic E-state index is 14.2. The van der Waals surface area contributed by atoms with Gasteiger partial charge in [0.2, 0.25) is 0 Å². The van der Waals surface area contributed by atoms with Gasteiger partial charge in [-0.05, 0) is 18.2 Å². The van der Waals surface area contributed by atoms with E-state index in [1.54, 1.807) is 19.1 Å². The Morgan fingerprint density at radius 2 is 1.89 bits per heavy atom. The molecule has 0 aliphatic carbocycles. The van der Waals surface area contributed by atoms with Gasteiger partial charge in [-0.3, -0.25) is 4.79 Å². The van der Waals surface area contributed by atoms with Gasteiger partial charge < -0.3 is 4.74 Å². The molecular formula is C13H17FO3Si. The van der Waals surface area contributed by atoms with E-state index in [-0.39, 0.29) is 12.2 Å². The molecule has 18 heavy (non-hydrogen) atoms. The molecule has 0 N–H and O–H groups in total. The van der Waals surface area contributed by atoms with Crippen molar-refractivity contribution in [1.29, 1.82) is 0 Å². The second-order valence-corrected chi connectivity index (χ2v) is 10.0. The van der Waals surface area contributed by atoms with Crippen molar-refractivity contribution in [2.75, 3.05) is 6.61 Å². The van der Waals surface area contributed by atoms with Gasteiger partial charge in [0.05, 0.1) is 20.2 Å². The van der Waals surface area contributed by atoms with Crippen LogP contribution in [0.15, 0.2) is 18.2 Å². The van der Waals surface area contributed by atoms with E-state index in [0.29, 0.717) is 5.19 Å². The first-order valence-electron chi connectivity index (χ1n) is 5.79. The predicted octanol–water partition coefficient (Wildman–Crippen LogP) is 2.12. The number of rotatable bonds is 4. The first-order chi connectivity index (χ1) is 8.29. The summed E-state index contributed by atoms with van der Waals surface area (Å²) in [6.07, 6.45) is 0. The number of hydrogen-bond acceptors (Lipinski definition) is 3. The monoisotopic (exact) mass is 268 g/mol. The quantitative estimate of drug-likeness (QED) is 0.363. The van der Waals surface area contributed by atoms with E-state index >= 15 is 0 Å². The maximum Gasteiger partial charge on any atom is 0.379 e. The van der Waals surface area contributed by atoms with Gasteiger partial charge in [-0.1, -0.05) is 31.8 Å². The van der Waals surface area contributed by atoms with E-state index in [9.17, 15) is 14.0 Å².